The second-order valence-corrected chi connectivity index (χ2v) is 11.2. The molecule has 0 aliphatic heterocycles. The quantitative estimate of drug-likeness (QED) is 0.391. The third-order valence-electron chi connectivity index (χ3n) is 4.77. The monoisotopic (exact) mass is 464 g/mol. The van der Waals surface area contributed by atoms with Gasteiger partial charge in [-0.1, -0.05) is 71.8 Å². The van der Waals surface area contributed by atoms with Crippen molar-refractivity contribution in [1.29, 1.82) is 0 Å². The van der Waals surface area contributed by atoms with Gasteiger partial charge >= 0.3 is 0 Å². The molecule has 0 bridgehead atoms. The van der Waals surface area contributed by atoms with E-state index in [0.717, 1.165) is 11.1 Å². The summed E-state index contributed by atoms with van der Waals surface area (Å²) in [5, 5.41) is 0. The van der Waals surface area contributed by atoms with Crippen molar-refractivity contribution in [2.75, 3.05) is 0 Å². The van der Waals surface area contributed by atoms with Crippen LogP contribution in [-0.4, -0.2) is 16.8 Å². The minimum atomic E-state index is -3.37. The van der Waals surface area contributed by atoms with Gasteiger partial charge in [-0.25, -0.2) is 16.8 Å². The summed E-state index contributed by atoms with van der Waals surface area (Å²) in [6.45, 7) is 3.87. The lowest BCUT2D eigenvalue weighted by Crippen LogP contribution is -2.01. The maximum absolute atomic E-state index is 12.3. The molecule has 0 spiro atoms. The number of hydrogen-bond donors (Lipinski definition) is 0. The Bertz CT molecular complexity index is 1260. The van der Waals surface area contributed by atoms with Crippen LogP contribution in [0.5, 0.6) is 0 Å². The van der Waals surface area contributed by atoms with Crippen LogP contribution in [-0.2, 0) is 19.7 Å². The van der Waals surface area contributed by atoms with Gasteiger partial charge in [0.05, 0.1) is 19.6 Å². The van der Waals surface area contributed by atoms with Crippen LogP contribution in [0.2, 0.25) is 0 Å². The molecular weight excluding hydrogens is 440 g/mol. The molecule has 0 saturated carbocycles. The average Bonchev–Trinajstić information content (AvgIpc) is 2.81. The summed E-state index contributed by atoms with van der Waals surface area (Å²) in [6.07, 6.45) is 0. The highest BCUT2D eigenvalue weighted by atomic mass is 32.2. The van der Waals surface area contributed by atoms with E-state index >= 15 is 0 Å². The third kappa shape index (κ3) is 5.52. The molecule has 0 N–H and O–H groups in total. The zero-order valence-electron chi connectivity index (χ0n) is 17.8. The molecule has 0 aliphatic carbocycles. The lowest BCUT2D eigenvalue weighted by molar-refractivity contribution is 0.594. The molecule has 4 aromatic carbocycles. The molecule has 0 aliphatic rings. The van der Waals surface area contributed by atoms with E-state index in [1.807, 2.05) is 13.8 Å². The van der Waals surface area contributed by atoms with Crippen LogP contribution in [0.25, 0.3) is 0 Å². The SMILES string of the molecule is Cc1ccc(S(=O)(=O)c2ccc(C)cc2)cc1.O=S(=O)(c1ccccc1)c1ccccc1. The molecule has 0 unspecified atom stereocenters. The van der Waals surface area contributed by atoms with Crippen LogP contribution >= 0.6 is 0 Å². The Balaban J connectivity index is 0.000000182. The van der Waals surface area contributed by atoms with Gasteiger partial charge in [-0.05, 0) is 62.4 Å². The van der Waals surface area contributed by atoms with Crippen molar-refractivity contribution in [3.8, 4) is 0 Å². The van der Waals surface area contributed by atoms with E-state index < -0.39 is 19.7 Å². The van der Waals surface area contributed by atoms with Crippen molar-refractivity contribution in [2.24, 2.45) is 0 Å². The van der Waals surface area contributed by atoms with Crippen LogP contribution in [0, 0.1) is 13.8 Å². The fraction of sp³-hybridized carbons (Fsp3) is 0.0769. The minimum Gasteiger partial charge on any atom is -0.219 e. The smallest absolute Gasteiger partial charge is 0.206 e. The third-order valence-corrected chi connectivity index (χ3v) is 8.34. The predicted molar refractivity (Wildman–Crippen MR) is 126 cm³/mol. The Morgan fingerprint density at radius 2 is 0.625 bits per heavy atom. The molecule has 164 valence electrons. The molecule has 0 amide bonds. The Labute approximate surface area is 190 Å². The summed E-state index contributed by atoms with van der Waals surface area (Å²) in [5.41, 5.74) is 2.10. The molecule has 4 nitrogen and oxygen atoms in total. The predicted octanol–water partition coefficient (Wildman–Crippen LogP) is 5.66. The van der Waals surface area contributed by atoms with Gasteiger partial charge in [-0.15, -0.1) is 0 Å². The van der Waals surface area contributed by atoms with Gasteiger partial charge in [-0.3, -0.25) is 0 Å². The summed E-state index contributed by atoms with van der Waals surface area (Å²) in [6, 6.07) is 30.7. The summed E-state index contributed by atoms with van der Waals surface area (Å²) < 4.78 is 48.6. The summed E-state index contributed by atoms with van der Waals surface area (Å²) in [4.78, 5) is 1.34. The maximum atomic E-state index is 12.3. The van der Waals surface area contributed by atoms with Crippen LogP contribution < -0.4 is 0 Å². The number of aryl methyl sites for hydroxylation is 2. The second-order valence-electron chi connectivity index (χ2n) is 7.26. The van der Waals surface area contributed by atoms with Gasteiger partial charge in [-0.2, -0.15) is 0 Å². The van der Waals surface area contributed by atoms with Crippen LogP contribution in [0.3, 0.4) is 0 Å². The standard InChI is InChI=1S/C14H14O2S.C12H10O2S/c1-11-3-7-13(8-4-11)17(15,16)14-9-5-12(2)6-10-14;13-15(14,11-7-3-1-4-8-11)12-9-5-2-6-10-12/h3-10H,1-2H3;1-10H. The highest BCUT2D eigenvalue weighted by molar-refractivity contribution is 7.91. The first kappa shape index (κ1) is 23.4. The molecule has 32 heavy (non-hydrogen) atoms. The zero-order chi connectivity index (χ0) is 23.2. The largest absolute Gasteiger partial charge is 0.219 e. The average molecular weight is 465 g/mol. The van der Waals surface area contributed by atoms with E-state index in [-0.39, 0.29) is 0 Å². The lowest BCUT2D eigenvalue weighted by Gasteiger charge is -2.05. The molecule has 4 aromatic rings. The highest BCUT2D eigenvalue weighted by Crippen LogP contribution is 2.21. The minimum absolute atomic E-state index is 0.330. The molecule has 6 heteroatoms. The molecule has 0 atom stereocenters. The van der Waals surface area contributed by atoms with Gasteiger partial charge in [0, 0.05) is 0 Å². The number of hydrogen-bond acceptors (Lipinski definition) is 4. The van der Waals surface area contributed by atoms with Crippen molar-refractivity contribution in [3.05, 3.63) is 120 Å². The van der Waals surface area contributed by atoms with E-state index in [1.54, 1.807) is 109 Å². The normalized spacial score (nSPS) is 11.3. The first-order valence-electron chi connectivity index (χ1n) is 9.95. The summed E-state index contributed by atoms with van der Waals surface area (Å²) >= 11 is 0. The first-order valence-corrected chi connectivity index (χ1v) is 12.9. The van der Waals surface area contributed by atoms with E-state index in [4.69, 9.17) is 0 Å². The van der Waals surface area contributed by atoms with E-state index in [1.165, 1.54) is 0 Å². The summed E-state index contributed by atoms with van der Waals surface area (Å²) in [5.74, 6) is 0. The molecule has 0 radical (unpaired) electrons. The molecular formula is C26H24O4S2. The zero-order valence-corrected chi connectivity index (χ0v) is 19.5. The molecule has 0 heterocycles. The van der Waals surface area contributed by atoms with E-state index in [0.29, 0.717) is 19.6 Å². The van der Waals surface area contributed by atoms with Crippen LogP contribution in [0.4, 0.5) is 0 Å². The van der Waals surface area contributed by atoms with E-state index in [9.17, 15) is 16.8 Å². The first-order chi connectivity index (χ1) is 15.2. The topological polar surface area (TPSA) is 68.3 Å². The Hall–Kier alpha value is -3.22. The molecule has 0 aromatic heterocycles. The lowest BCUT2D eigenvalue weighted by atomic mass is 10.2. The summed E-state index contributed by atoms with van der Waals surface area (Å²) in [7, 11) is -6.71. The number of rotatable bonds is 4. The fourth-order valence-corrected chi connectivity index (χ4v) is 5.47. The number of benzene rings is 4. The Morgan fingerprint density at radius 3 is 0.906 bits per heavy atom. The van der Waals surface area contributed by atoms with Crippen molar-refractivity contribution < 1.29 is 16.8 Å². The van der Waals surface area contributed by atoms with Crippen LogP contribution in [0.1, 0.15) is 11.1 Å². The van der Waals surface area contributed by atoms with Crippen molar-refractivity contribution in [1.82, 2.24) is 0 Å². The Morgan fingerprint density at radius 1 is 0.375 bits per heavy atom. The molecule has 0 fully saturated rings. The molecule has 0 saturated heterocycles. The van der Waals surface area contributed by atoms with Crippen molar-refractivity contribution in [2.45, 2.75) is 33.4 Å². The van der Waals surface area contributed by atoms with Crippen LogP contribution in [0.15, 0.2) is 129 Å². The maximum Gasteiger partial charge on any atom is 0.206 e. The fourth-order valence-electron chi connectivity index (χ4n) is 2.91. The highest BCUT2D eigenvalue weighted by Gasteiger charge is 2.17. The van der Waals surface area contributed by atoms with Gasteiger partial charge in [0.1, 0.15) is 0 Å². The second kappa shape index (κ2) is 9.94. The van der Waals surface area contributed by atoms with Crippen molar-refractivity contribution >= 4 is 19.7 Å². The number of sulfone groups is 2. The van der Waals surface area contributed by atoms with Crippen molar-refractivity contribution in [3.63, 3.8) is 0 Å². The van der Waals surface area contributed by atoms with Gasteiger partial charge in [0.25, 0.3) is 0 Å². The Kier molecular flexibility index (Phi) is 7.28. The van der Waals surface area contributed by atoms with Gasteiger partial charge in [0.15, 0.2) is 0 Å². The molecule has 4 rings (SSSR count). The van der Waals surface area contributed by atoms with Gasteiger partial charge in [0.2, 0.25) is 19.7 Å². The van der Waals surface area contributed by atoms with Gasteiger partial charge < -0.3 is 0 Å². The van der Waals surface area contributed by atoms with E-state index in [2.05, 4.69) is 0 Å².